The molecule has 2 aromatic rings. The summed E-state index contributed by atoms with van der Waals surface area (Å²) in [6, 6.07) is 8.16. The van der Waals surface area contributed by atoms with Crippen LogP contribution in [0.2, 0.25) is 0 Å². The molecule has 0 amide bonds. The van der Waals surface area contributed by atoms with Gasteiger partial charge in [0.25, 0.3) is 0 Å². The SMILES string of the molecule is Cc1cccc(-n2ncnc2CCN)c1. The fourth-order valence-electron chi connectivity index (χ4n) is 1.54. The third-order valence-electron chi connectivity index (χ3n) is 2.23. The van der Waals surface area contributed by atoms with E-state index < -0.39 is 0 Å². The summed E-state index contributed by atoms with van der Waals surface area (Å²) in [7, 11) is 0. The summed E-state index contributed by atoms with van der Waals surface area (Å²) in [6.45, 7) is 2.65. The lowest BCUT2D eigenvalue weighted by atomic mass is 10.2. The van der Waals surface area contributed by atoms with Crippen LogP contribution in [0.5, 0.6) is 0 Å². The Hall–Kier alpha value is -1.68. The Kier molecular flexibility index (Phi) is 2.78. The maximum atomic E-state index is 5.52. The van der Waals surface area contributed by atoms with Crippen molar-refractivity contribution >= 4 is 0 Å². The van der Waals surface area contributed by atoms with E-state index in [2.05, 4.69) is 29.1 Å². The zero-order valence-electron chi connectivity index (χ0n) is 8.72. The molecule has 2 rings (SSSR count). The van der Waals surface area contributed by atoms with E-state index in [1.807, 2.05) is 16.8 Å². The summed E-state index contributed by atoms with van der Waals surface area (Å²) < 4.78 is 1.83. The zero-order valence-corrected chi connectivity index (χ0v) is 8.72. The fraction of sp³-hybridized carbons (Fsp3) is 0.273. The first-order valence-electron chi connectivity index (χ1n) is 4.97. The van der Waals surface area contributed by atoms with E-state index in [0.717, 1.165) is 17.9 Å². The molecule has 0 bridgehead atoms. The predicted octanol–water partition coefficient (Wildman–Crippen LogP) is 1.08. The van der Waals surface area contributed by atoms with Crippen LogP contribution in [-0.4, -0.2) is 21.3 Å². The normalized spacial score (nSPS) is 10.5. The minimum absolute atomic E-state index is 0.588. The van der Waals surface area contributed by atoms with E-state index in [1.54, 1.807) is 6.33 Å². The Morgan fingerprint density at radius 3 is 3.00 bits per heavy atom. The van der Waals surface area contributed by atoms with Gasteiger partial charge in [-0.1, -0.05) is 12.1 Å². The summed E-state index contributed by atoms with van der Waals surface area (Å²) in [5.74, 6) is 0.906. The minimum atomic E-state index is 0.588. The maximum absolute atomic E-state index is 5.52. The Bertz CT molecular complexity index is 447. The third kappa shape index (κ3) is 2.05. The highest BCUT2D eigenvalue weighted by Gasteiger charge is 2.04. The zero-order chi connectivity index (χ0) is 10.7. The lowest BCUT2D eigenvalue weighted by Crippen LogP contribution is -2.09. The molecule has 1 aromatic carbocycles. The summed E-state index contributed by atoms with van der Waals surface area (Å²) in [4.78, 5) is 4.18. The van der Waals surface area contributed by atoms with Gasteiger partial charge in [-0.3, -0.25) is 0 Å². The van der Waals surface area contributed by atoms with E-state index in [9.17, 15) is 0 Å². The second kappa shape index (κ2) is 4.23. The molecule has 4 nitrogen and oxygen atoms in total. The van der Waals surface area contributed by atoms with Crippen molar-refractivity contribution in [3.05, 3.63) is 42.0 Å². The van der Waals surface area contributed by atoms with Crippen molar-refractivity contribution in [1.29, 1.82) is 0 Å². The molecular formula is C11H14N4. The maximum Gasteiger partial charge on any atom is 0.138 e. The number of benzene rings is 1. The fourth-order valence-corrected chi connectivity index (χ4v) is 1.54. The van der Waals surface area contributed by atoms with Crippen molar-refractivity contribution in [3.8, 4) is 5.69 Å². The van der Waals surface area contributed by atoms with Crippen LogP contribution < -0.4 is 5.73 Å². The van der Waals surface area contributed by atoms with Crippen molar-refractivity contribution < 1.29 is 0 Å². The molecule has 1 heterocycles. The van der Waals surface area contributed by atoms with Crippen LogP contribution in [0.15, 0.2) is 30.6 Å². The lowest BCUT2D eigenvalue weighted by molar-refractivity contribution is 0.775. The van der Waals surface area contributed by atoms with Crippen LogP contribution in [0, 0.1) is 6.92 Å². The third-order valence-corrected chi connectivity index (χ3v) is 2.23. The average molecular weight is 202 g/mol. The van der Waals surface area contributed by atoms with Gasteiger partial charge in [-0.2, -0.15) is 5.10 Å². The van der Waals surface area contributed by atoms with Gasteiger partial charge in [-0.25, -0.2) is 9.67 Å². The van der Waals surface area contributed by atoms with Crippen molar-refractivity contribution in [2.75, 3.05) is 6.54 Å². The first-order valence-corrected chi connectivity index (χ1v) is 4.97. The molecule has 2 N–H and O–H groups in total. The highest BCUT2D eigenvalue weighted by atomic mass is 15.3. The van der Waals surface area contributed by atoms with E-state index in [1.165, 1.54) is 5.56 Å². The van der Waals surface area contributed by atoms with E-state index in [4.69, 9.17) is 5.73 Å². The van der Waals surface area contributed by atoms with E-state index in [-0.39, 0.29) is 0 Å². The number of aryl methyl sites for hydroxylation is 1. The molecule has 0 saturated heterocycles. The number of hydrogen-bond acceptors (Lipinski definition) is 3. The highest BCUT2D eigenvalue weighted by molar-refractivity contribution is 5.35. The standard InChI is InChI=1S/C11H14N4/c1-9-3-2-4-10(7-9)15-11(5-6-12)13-8-14-15/h2-4,7-8H,5-6,12H2,1H3. The molecule has 0 aliphatic carbocycles. The van der Waals surface area contributed by atoms with Gasteiger partial charge in [-0.15, -0.1) is 0 Å². The molecule has 0 saturated carbocycles. The molecule has 0 fully saturated rings. The van der Waals surface area contributed by atoms with Crippen LogP contribution >= 0.6 is 0 Å². The highest BCUT2D eigenvalue weighted by Crippen LogP contribution is 2.10. The molecule has 0 atom stereocenters. The van der Waals surface area contributed by atoms with E-state index >= 15 is 0 Å². The average Bonchev–Trinajstić information content (AvgIpc) is 2.66. The summed E-state index contributed by atoms with van der Waals surface area (Å²) in [5.41, 5.74) is 7.76. The molecule has 0 aliphatic heterocycles. The lowest BCUT2D eigenvalue weighted by Gasteiger charge is -2.05. The monoisotopic (exact) mass is 202 g/mol. The number of aromatic nitrogens is 3. The van der Waals surface area contributed by atoms with Gasteiger partial charge < -0.3 is 5.73 Å². The Labute approximate surface area is 88.8 Å². The molecule has 0 radical (unpaired) electrons. The Balaban J connectivity index is 2.40. The Morgan fingerprint density at radius 1 is 1.40 bits per heavy atom. The second-order valence-electron chi connectivity index (χ2n) is 3.47. The second-order valence-corrected chi connectivity index (χ2v) is 3.47. The number of nitrogens with two attached hydrogens (primary N) is 1. The van der Waals surface area contributed by atoms with Crippen molar-refractivity contribution in [2.45, 2.75) is 13.3 Å². The van der Waals surface area contributed by atoms with Crippen LogP contribution in [-0.2, 0) is 6.42 Å². The van der Waals surface area contributed by atoms with Crippen molar-refractivity contribution in [1.82, 2.24) is 14.8 Å². The molecule has 78 valence electrons. The van der Waals surface area contributed by atoms with Gasteiger partial charge in [0, 0.05) is 6.42 Å². The molecular weight excluding hydrogens is 188 g/mol. The largest absolute Gasteiger partial charge is 0.330 e. The molecule has 0 aliphatic rings. The molecule has 0 spiro atoms. The number of rotatable bonds is 3. The quantitative estimate of drug-likeness (QED) is 0.810. The topological polar surface area (TPSA) is 56.7 Å². The first kappa shape index (κ1) is 9.86. The van der Waals surface area contributed by atoms with Gasteiger partial charge in [0.15, 0.2) is 0 Å². The summed E-state index contributed by atoms with van der Waals surface area (Å²) in [5, 5.41) is 4.20. The molecule has 4 heteroatoms. The van der Waals surface area contributed by atoms with Crippen LogP contribution in [0.4, 0.5) is 0 Å². The minimum Gasteiger partial charge on any atom is -0.330 e. The number of hydrogen-bond donors (Lipinski definition) is 1. The van der Waals surface area contributed by atoms with Crippen LogP contribution in [0.25, 0.3) is 5.69 Å². The predicted molar refractivity (Wildman–Crippen MR) is 58.9 cm³/mol. The molecule has 1 aromatic heterocycles. The van der Waals surface area contributed by atoms with Gasteiger partial charge in [0.05, 0.1) is 5.69 Å². The summed E-state index contributed by atoms with van der Waals surface area (Å²) in [6.07, 6.45) is 2.31. The van der Waals surface area contributed by atoms with Gasteiger partial charge in [0.1, 0.15) is 12.2 Å². The number of nitrogens with zero attached hydrogens (tertiary/aromatic N) is 3. The smallest absolute Gasteiger partial charge is 0.138 e. The summed E-state index contributed by atoms with van der Waals surface area (Å²) >= 11 is 0. The van der Waals surface area contributed by atoms with E-state index in [0.29, 0.717) is 6.54 Å². The first-order chi connectivity index (χ1) is 7.31. The van der Waals surface area contributed by atoms with Crippen molar-refractivity contribution in [3.63, 3.8) is 0 Å². The van der Waals surface area contributed by atoms with Crippen LogP contribution in [0.3, 0.4) is 0 Å². The van der Waals surface area contributed by atoms with Gasteiger partial charge >= 0.3 is 0 Å². The van der Waals surface area contributed by atoms with Gasteiger partial charge in [0.2, 0.25) is 0 Å². The van der Waals surface area contributed by atoms with Crippen molar-refractivity contribution in [2.24, 2.45) is 5.73 Å². The van der Waals surface area contributed by atoms with Crippen LogP contribution in [0.1, 0.15) is 11.4 Å². The van der Waals surface area contributed by atoms with Gasteiger partial charge in [-0.05, 0) is 31.2 Å². The molecule has 0 unspecified atom stereocenters. The Morgan fingerprint density at radius 2 is 2.27 bits per heavy atom. The molecule has 15 heavy (non-hydrogen) atoms.